The lowest BCUT2D eigenvalue weighted by molar-refractivity contribution is -0.115. The molecule has 1 amide bonds. The summed E-state index contributed by atoms with van der Waals surface area (Å²) in [7, 11) is 1.61. The lowest BCUT2D eigenvalue weighted by atomic mass is 10.0. The van der Waals surface area contributed by atoms with Crippen LogP contribution in [0, 0.1) is 6.92 Å². The monoisotopic (exact) mass is 311 g/mol. The van der Waals surface area contributed by atoms with Crippen molar-refractivity contribution in [3.05, 3.63) is 59.2 Å². The molecule has 0 aliphatic heterocycles. The van der Waals surface area contributed by atoms with Crippen LogP contribution in [0.3, 0.4) is 0 Å². The van der Waals surface area contributed by atoms with Gasteiger partial charge < -0.3 is 10.1 Å². The molecule has 2 aromatic carbocycles. The smallest absolute Gasteiger partial charge is 0.228 e. The molecular formula is C20H25NO2. The van der Waals surface area contributed by atoms with Crippen molar-refractivity contribution in [3.8, 4) is 5.75 Å². The highest BCUT2D eigenvalue weighted by molar-refractivity contribution is 5.93. The second-order valence-corrected chi connectivity index (χ2v) is 5.85. The van der Waals surface area contributed by atoms with Crippen molar-refractivity contribution in [1.82, 2.24) is 0 Å². The van der Waals surface area contributed by atoms with Gasteiger partial charge in [0.1, 0.15) is 5.75 Å². The fourth-order valence-corrected chi connectivity index (χ4v) is 2.50. The number of carbonyl (C=O) groups excluding carboxylic acids is 1. The highest BCUT2D eigenvalue weighted by Gasteiger charge is 2.08. The van der Waals surface area contributed by atoms with Gasteiger partial charge in [-0.2, -0.15) is 0 Å². The van der Waals surface area contributed by atoms with E-state index in [0.29, 0.717) is 12.2 Å². The highest BCUT2D eigenvalue weighted by Crippen LogP contribution is 2.25. The molecule has 0 aliphatic rings. The summed E-state index contributed by atoms with van der Waals surface area (Å²) in [5.41, 5.74) is 4.16. The van der Waals surface area contributed by atoms with Gasteiger partial charge in [-0.25, -0.2) is 0 Å². The lowest BCUT2D eigenvalue weighted by Crippen LogP contribution is -2.15. The molecule has 23 heavy (non-hydrogen) atoms. The molecule has 0 saturated carbocycles. The summed E-state index contributed by atoms with van der Waals surface area (Å²) in [5, 5.41) is 2.94. The van der Waals surface area contributed by atoms with Crippen LogP contribution in [-0.2, 0) is 17.6 Å². The molecule has 3 nitrogen and oxygen atoms in total. The zero-order valence-electron chi connectivity index (χ0n) is 14.2. The van der Waals surface area contributed by atoms with E-state index in [9.17, 15) is 4.79 Å². The Labute approximate surface area is 138 Å². The van der Waals surface area contributed by atoms with E-state index < -0.39 is 0 Å². The van der Waals surface area contributed by atoms with Gasteiger partial charge in [0.25, 0.3) is 0 Å². The number of hydrogen-bond donors (Lipinski definition) is 1. The first-order valence-electron chi connectivity index (χ1n) is 8.14. The normalized spacial score (nSPS) is 10.4. The van der Waals surface area contributed by atoms with E-state index in [1.807, 2.05) is 37.3 Å². The third-order valence-electron chi connectivity index (χ3n) is 3.84. The van der Waals surface area contributed by atoms with Crippen molar-refractivity contribution < 1.29 is 9.53 Å². The predicted molar refractivity (Wildman–Crippen MR) is 95.1 cm³/mol. The third kappa shape index (κ3) is 5.13. The summed E-state index contributed by atoms with van der Waals surface area (Å²) in [6.45, 7) is 4.18. The predicted octanol–water partition coefficient (Wildman–Crippen LogP) is 4.53. The van der Waals surface area contributed by atoms with E-state index in [1.165, 1.54) is 18.4 Å². The molecule has 2 rings (SSSR count). The van der Waals surface area contributed by atoms with Crippen molar-refractivity contribution >= 4 is 11.6 Å². The minimum atomic E-state index is -0.0322. The molecule has 3 heteroatoms. The summed E-state index contributed by atoms with van der Waals surface area (Å²) < 4.78 is 5.29. The third-order valence-corrected chi connectivity index (χ3v) is 3.84. The first-order valence-corrected chi connectivity index (χ1v) is 8.14. The maximum atomic E-state index is 12.3. The fraction of sp³-hybridized carbons (Fsp3) is 0.350. The Bertz CT molecular complexity index is 647. The molecular weight excluding hydrogens is 286 g/mol. The minimum absolute atomic E-state index is 0.0322. The van der Waals surface area contributed by atoms with Crippen LogP contribution in [0.5, 0.6) is 5.75 Å². The van der Waals surface area contributed by atoms with E-state index >= 15 is 0 Å². The molecule has 0 aliphatic carbocycles. The molecule has 1 N–H and O–H groups in total. The molecule has 122 valence electrons. The van der Waals surface area contributed by atoms with Crippen molar-refractivity contribution in [2.75, 3.05) is 12.4 Å². The Hall–Kier alpha value is -2.29. The molecule has 0 aromatic heterocycles. The Morgan fingerprint density at radius 3 is 2.43 bits per heavy atom. The van der Waals surface area contributed by atoms with Crippen LogP contribution < -0.4 is 10.1 Å². The quantitative estimate of drug-likeness (QED) is 0.816. The lowest BCUT2D eigenvalue weighted by Gasteiger charge is -2.11. The van der Waals surface area contributed by atoms with Gasteiger partial charge in [0.05, 0.1) is 19.2 Å². The Morgan fingerprint density at radius 2 is 1.78 bits per heavy atom. The maximum Gasteiger partial charge on any atom is 0.228 e. The minimum Gasteiger partial charge on any atom is -0.495 e. The number of ether oxygens (including phenoxy) is 1. The van der Waals surface area contributed by atoms with Crippen LogP contribution in [0.2, 0.25) is 0 Å². The van der Waals surface area contributed by atoms with Gasteiger partial charge in [-0.3, -0.25) is 4.79 Å². The van der Waals surface area contributed by atoms with Crippen LogP contribution in [-0.4, -0.2) is 13.0 Å². The summed E-state index contributed by atoms with van der Waals surface area (Å²) in [4.78, 5) is 12.3. The molecule has 0 fully saturated rings. The zero-order chi connectivity index (χ0) is 16.7. The number of benzene rings is 2. The van der Waals surface area contributed by atoms with E-state index in [1.54, 1.807) is 7.11 Å². The van der Waals surface area contributed by atoms with Gasteiger partial charge >= 0.3 is 0 Å². The summed E-state index contributed by atoms with van der Waals surface area (Å²) in [5.74, 6) is 0.647. The van der Waals surface area contributed by atoms with Gasteiger partial charge in [-0.1, -0.05) is 43.7 Å². The average Bonchev–Trinajstić information content (AvgIpc) is 2.54. The second kappa shape index (κ2) is 8.37. The molecule has 0 spiro atoms. The van der Waals surface area contributed by atoms with Crippen molar-refractivity contribution in [2.24, 2.45) is 0 Å². The van der Waals surface area contributed by atoms with E-state index in [0.717, 1.165) is 23.2 Å². The Kier molecular flexibility index (Phi) is 6.21. The molecule has 0 bridgehead atoms. The van der Waals surface area contributed by atoms with Crippen molar-refractivity contribution in [3.63, 3.8) is 0 Å². The Balaban J connectivity index is 1.98. The van der Waals surface area contributed by atoms with Crippen LogP contribution in [0.4, 0.5) is 5.69 Å². The zero-order valence-corrected chi connectivity index (χ0v) is 14.2. The number of aryl methyl sites for hydroxylation is 2. The number of carbonyl (C=O) groups is 1. The van der Waals surface area contributed by atoms with Crippen LogP contribution in [0.15, 0.2) is 42.5 Å². The number of nitrogens with one attached hydrogen (secondary N) is 1. The van der Waals surface area contributed by atoms with E-state index in [2.05, 4.69) is 24.4 Å². The summed E-state index contributed by atoms with van der Waals surface area (Å²) >= 11 is 0. The molecule has 0 saturated heterocycles. The van der Waals surface area contributed by atoms with E-state index in [-0.39, 0.29) is 5.91 Å². The summed E-state index contributed by atoms with van der Waals surface area (Å²) in [6, 6.07) is 14.1. The standard InChI is InChI=1S/C20H25NO2/c1-4-5-6-16-8-10-17(11-9-16)14-20(22)21-18-13-15(2)7-12-19(18)23-3/h7-13H,4-6,14H2,1-3H3,(H,21,22). The van der Waals surface area contributed by atoms with Crippen LogP contribution in [0.25, 0.3) is 0 Å². The number of anilines is 1. The number of unbranched alkanes of at least 4 members (excludes halogenated alkanes) is 1. The topological polar surface area (TPSA) is 38.3 Å². The van der Waals surface area contributed by atoms with Crippen LogP contribution >= 0.6 is 0 Å². The molecule has 0 unspecified atom stereocenters. The van der Waals surface area contributed by atoms with Gasteiger partial charge in [0, 0.05) is 0 Å². The first-order chi connectivity index (χ1) is 11.1. The first kappa shape index (κ1) is 17.1. The van der Waals surface area contributed by atoms with Gasteiger partial charge in [-0.15, -0.1) is 0 Å². The molecule has 0 atom stereocenters. The van der Waals surface area contributed by atoms with Crippen molar-refractivity contribution in [2.45, 2.75) is 39.5 Å². The number of hydrogen-bond acceptors (Lipinski definition) is 2. The van der Waals surface area contributed by atoms with Crippen LogP contribution in [0.1, 0.15) is 36.5 Å². The SMILES string of the molecule is CCCCc1ccc(CC(=O)Nc2cc(C)ccc2OC)cc1. The summed E-state index contributed by atoms with van der Waals surface area (Å²) in [6.07, 6.45) is 3.87. The number of methoxy groups -OCH3 is 1. The maximum absolute atomic E-state index is 12.3. The second-order valence-electron chi connectivity index (χ2n) is 5.85. The number of rotatable bonds is 7. The van der Waals surface area contributed by atoms with Gasteiger partial charge in [0.15, 0.2) is 0 Å². The van der Waals surface area contributed by atoms with Gasteiger partial charge in [0.2, 0.25) is 5.91 Å². The molecule has 0 heterocycles. The highest BCUT2D eigenvalue weighted by atomic mass is 16.5. The molecule has 2 aromatic rings. The average molecular weight is 311 g/mol. The van der Waals surface area contributed by atoms with Crippen molar-refractivity contribution in [1.29, 1.82) is 0 Å². The van der Waals surface area contributed by atoms with Gasteiger partial charge in [-0.05, 0) is 48.6 Å². The van der Waals surface area contributed by atoms with E-state index in [4.69, 9.17) is 4.74 Å². The molecule has 0 radical (unpaired) electrons. The Morgan fingerprint density at radius 1 is 1.09 bits per heavy atom. The number of amides is 1. The largest absolute Gasteiger partial charge is 0.495 e. The fourth-order valence-electron chi connectivity index (χ4n) is 2.50.